The Morgan fingerprint density at radius 3 is 2.66 bits per heavy atom. The van der Waals surface area contributed by atoms with Gasteiger partial charge in [-0.15, -0.1) is 0 Å². The molecule has 152 valence electrons. The predicted octanol–water partition coefficient (Wildman–Crippen LogP) is 5.60. The Morgan fingerprint density at radius 1 is 1.17 bits per heavy atom. The highest BCUT2D eigenvalue weighted by Gasteiger charge is 2.53. The molecule has 1 saturated carbocycles. The third-order valence-corrected chi connectivity index (χ3v) is 8.22. The van der Waals surface area contributed by atoms with E-state index in [1.165, 1.54) is 12.8 Å². The second-order valence-electron chi connectivity index (χ2n) is 9.28. The van der Waals surface area contributed by atoms with E-state index in [4.69, 9.17) is 4.74 Å². The van der Waals surface area contributed by atoms with E-state index in [2.05, 4.69) is 46.8 Å². The van der Waals surface area contributed by atoms with Crippen LogP contribution in [0.4, 0.5) is 0 Å². The molecule has 1 aliphatic heterocycles. The number of carbonyl (C=O) groups excluding carboxylic acids is 1. The highest BCUT2D eigenvalue weighted by atomic mass is 79.9. The summed E-state index contributed by atoms with van der Waals surface area (Å²) in [6.07, 6.45) is 3.74. The maximum Gasteiger partial charge on any atom is 0.180 e. The molecule has 0 aromatic heterocycles. The Balaban J connectivity index is 1.48. The molecule has 1 heterocycles. The maximum atomic E-state index is 13.5. The first-order valence-corrected chi connectivity index (χ1v) is 11.6. The van der Waals surface area contributed by atoms with Gasteiger partial charge in [-0.3, -0.25) is 9.69 Å². The van der Waals surface area contributed by atoms with Crippen molar-refractivity contribution in [2.45, 2.75) is 51.2 Å². The van der Waals surface area contributed by atoms with Crippen molar-refractivity contribution in [3.63, 3.8) is 0 Å². The van der Waals surface area contributed by atoms with Gasteiger partial charge in [0.1, 0.15) is 12.4 Å². The van der Waals surface area contributed by atoms with E-state index in [0.717, 1.165) is 52.3 Å². The highest BCUT2D eigenvalue weighted by Crippen LogP contribution is 2.53. The summed E-state index contributed by atoms with van der Waals surface area (Å²) in [5, 5.41) is 0. The average molecular weight is 454 g/mol. The minimum atomic E-state index is -0.0150. The van der Waals surface area contributed by atoms with E-state index in [1.54, 1.807) is 0 Å². The summed E-state index contributed by atoms with van der Waals surface area (Å²) in [5.74, 6) is 2.23. The largest absolute Gasteiger partial charge is 0.488 e. The topological polar surface area (TPSA) is 29.5 Å². The molecular formula is C25H28BrNO2. The van der Waals surface area contributed by atoms with Crippen molar-refractivity contribution in [2.75, 3.05) is 13.1 Å². The first-order chi connectivity index (χ1) is 14.0. The number of fused-ring (bicyclic) bond motifs is 4. The molecule has 3 aliphatic rings. The van der Waals surface area contributed by atoms with E-state index in [1.807, 2.05) is 30.3 Å². The third kappa shape index (κ3) is 3.25. The lowest BCUT2D eigenvalue weighted by Crippen LogP contribution is -2.61. The molecule has 2 fully saturated rings. The molecule has 0 N–H and O–H groups in total. The zero-order chi connectivity index (χ0) is 20.2. The molecule has 0 spiro atoms. The van der Waals surface area contributed by atoms with Crippen molar-refractivity contribution in [3.05, 3.63) is 63.6 Å². The van der Waals surface area contributed by atoms with Gasteiger partial charge in [0, 0.05) is 17.5 Å². The molecule has 0 unspecified atom stereocenters. The predicted molar refractivity (Wildman–Crippen MR) is 118 cm³/mol. The van der Waals surface area contributed by atoms with E-state index in [0.29, 0.717) is 18.3 Å². The highest BCUT2D eigenvalue weighted by molar-refractivity contribution is 9.10. The van der Waals surface area contributed by atoms with Gasteiger partial charge < -0.3 is 4.74 Å². The fourth-order valence-electron chi connectivity index (χ4n) is 5.32. The lowest BCUT2D eigenvalue weighted by atomic mass is 9.58. The number of halogens is 1. The first-order valence-electron chi connectivity index (χ1n) is 10.8. The molecule has 2 bridgehead atoms. The van der Waals surface area contributed by atoms with Gasteiger partial charge in [-0.05, 0) is 76.8 Å². The van der Waals surface area contributed by atoms with Crippen LogP contribution in [0.2, 0.25) is 0 Å². The van der Waals surface area contributed by atoms with Crippen molar-refractivity contribution in [1.82, 2.24) is 4.90 Å². The second-order valence-corrected chi connectivity index (χ2v) is 10.1. The molecule has 2 aromatic rings. The summed E-state index contributed by atoms with van der Waals surface area (Å²) in [6.45, 7) is 7.24. The molecular weight excluding hydrogens is 426 g/mol. The van der Waals surface area contributed by atoms with Crippen molar-refractivity contribution < 1.29 is 9.53 Å². The number of rotatable bonds is 5. The minimum Gasteiger partial charge on any atom is -0.488 e. The normalized spacial score (nSPS) is 28.9. The van der Waals surface area contributed by atoms with Gasteiger partial charge in [-0.1, -0.05) is 44.2 Å². The Hall–Kier alpha value is -1.65. The van der Waals surface area contributed by atoms with Crippen LogP contribution in [0.15, 0.2) is 46.9 Å². The number of ketones is 1. The average Bonchev–Trinajstić information content (AvgIpc) is 3.53. The number of hydrogen-bond donors (Lipinski definition) is 0. The molecule has 2 aromatic carbocycles. The second kappa shape index (κ2) is 7.24. The van der Waals surface area contributed by atoms with Gasteiger partial charge in [-0.2, -0.15) is 0 Å². The van der Waals surface area contributed by atoms with Crippen LogP contribution in [0.25, 0.3) is 0 Å². The van der Waals surface area contributed by atoms with Crippen LogP contribution >= 0.6 is 15.9 Å². The third-order valence-electron chi connectivity index (χ3n) is 7.43. The van der Waals surface area contributed by atoms with Gasteiger partial charge in [0.2, 0.25) is 0 Å². The van der Waals surface area contributed by atoms with Crippen LogP contribution in [0.3, 0.4) is 0 Å². The van der Waals surface area contributed by atoms with Gasteiger partial charge in [0.15, 0.2) is 5.78 Å². The van der Waals surface area contributed by atoms with Crippen LogP contribution in [0.5, 0.6) is 5.75 Å². The van der Waals surface area contributed by atoms with E-state index < -0.39 is 0 Å². The zero-order valence-corrected chi connectivity index (χ0v) is 18.7. The molecule has 0 radical (unpaired) electrons. The Bertz CT molecular complexity index is 939. The van der Waals surface area contributed by atoms with Gasteiger partial charge in [-0.25, -0.2) is 0 Å². The van der Waals surface area contributed by atoms with Crippen LogP contribution in [-0.2, 0) is 12.0 Å². The van der Waals surface area contributed by atoms with Crippen LogP contribution in [-0.4, -0.2) is 29.8 Å². The van der Waals surface area contributed by atoms with Crippen molar-refractivity contribution in [3.8, 4) is 5.75 Å². The number of hydrogen-bond acceptors (Lipinski definition) is 3. The molecule has 2 aliphatic carbocycles. The van der Waals surface area contributed by atoms with Gasteiger partial charge in [0.05, 0.1) is 10.5 Å². The SMILES string of the molecule is C[C@H]1[C@H]2C(=O)c3ccc(OCc4ccccc4)c(Br)c3[C@]1(C)CCN2CC1CC1. The molecule has 29 heavy (non-hydrogen) atoms. The molecule has 0 amide bonds. The lowest BCUT2D eigenvalue weighted by molar-refractivity contribution is 0.0262. The smallest absolute Gasteiger partial charge is 0.180 e. The number of carbonyl (C=O) groups is 1. The molecule has 3 nitrogen and oxygen atoms in total. The summed E-state index contributed by atoms with van der Waals surface area (Å²) < 4.78 is 7.12. The number of ether oxygens (including phenoxy) is 1. The molecule has 1 saturated heterocycles. The summed E-state index contributed by atoms with van der Waals surface area (Å²) in [7, 11) is 0. The minimum absolute atomic E-state index is 0.0150. The fraction of sp³-hybridized carbons (Fsp3) is 0.480. The van der Waals surface area contributed by atoms with Crippen molar-refractivity contribution in [1.29, 1.82) is 0 Å². The van der Waals surface area contributed by atoms with E-state index in [-0.39, 0.29) is 11.5 Å². The Labute approximate surface area is 181 Å². The molecule has 3 atom stereocenters. The van der Waals surface area contributed by atoms with Crippen LogP contribution < -0.4 is 4.74 Å². The van der Waals surface area contributed by atoms with Crippen molar-refractivity contribution >= 4 is 21.7 Å². The lowest BCUT2D eigenvalue weighted by Gasteiger charge is -2.54. The Kier molecular flexibility index (Phi) is 4.83. The zero-order valence-electron chi connectivity index (χ0n) is 17.2. The van der Waals surface area contributed by atoms with E-state index >= 15 is 0 Å². The first kappa shape index (κ1) is 19.3. The van der Waals surface area contributed by atoms with E-state index in [9.17, 15) is 4.79 Å². The number of likely N-dealkylation sites (tertiary alicyclic amines) is 1. The summed E-state index contributed by atoms with van der Waals surface area (Å²) >= 11 is 3.83. The van der Waals surface area contributed by atoms with Crippen LogP contribution in [0.1, 0.15) is 54.6 Å². The number of benzene rings is 2. The van der Waals surface area contributed by atoms with Gasteiger partial charge >= 0.3 is 0 Å². The number of piperidine rings is 1. The fourth-order valence-corrected chi connectivity index (χ4v) is 6.23. The number of nitrogens with zero attached hydrogens (tertiary/aromatic N) is 1. The quantitative estimate of drug-likeness (QED) is 0.589. The monoisotopic (exact) mass is 453 g/mol. The summed E-state index contributed by atoms with van der Waals surface area (Å²) in [4.78, 5) is 16.0. The number of Topliss-reactive ketones (excluding diaryl/α,β-unsaturated/α-hetero) is 1. The summed E-state index contributed by atoms with van der Waals surface area (Å²) in [6, 6.07) is 14.2. The Morgan fingerprint density at radius 2 is 1.93 bits per heavy atom. The molecule has 4 heteroatoms. The van der Waals surface area contributed by atoms with Crippen molar-refractivity contribution in [2.24, 2.45) is 11.8 Å². The summed E-state index contributed by atoms with van der Waals surface area (Å²) in [5.41, 5.74) is 3.16. The standard InChI is InChI=1S/C25H28BrNO2/c1-16-23-24(28)19-10-11-20(29-15-18-6-4-3-5-7-18)22(26)21(19)25(16,2)12-13-27(23)14-17-8-9-17/h3-7,10-11,16-17,23H,8-9,12-15H2,1-2H3/t16-,23-,25+/m0/s1. The van der Waals surface area contributed by atoms with Crippen LogP contribution in [0, 0.1) is 11.8 Å². The molecule has 5 rings (SSSR count). The maximum absolute atomic E-state index is 13.5. The van der Waals surface area contributed by atoms with Gasteiger partial charge in [0.25, 0.3) is 0 Å².